The smallest absolute Gasteiger partial charge is 0.272 e. The highest BCUT2D eigenvalue weighted by atomic mass is 16.2. The molecule has 4 N–H and O–H groups in total. The lowest BCUT2D eigenvalue weighted by Gasteiger charge is -2.34. The van der Waals surface area contributed by atoms with Crippen molar-refractivity contribution in [3.8, 4) is 0 Å². The zero-order chi connectivity index (χ0) is 13.0. The van der Waals surface area contributed by atoms with Crippen LogP contribution in [0.1, 0.15) is 49.5 Å². The molecule has 1 aromatic heterocycles. The second-order valence-corrected chi connectivity index (χ2v) is 5.02. The number of hydrogen-bond donors (Lipinski definition) is 3. The third-order valence-corrected chi connectivity index (χ3v) is 3.42. The van der Waals surface area contributed by atoms with Crippen molar-refractivity contribution in [3.05, 3.63) is 17.8 Å². The van der Waals surface area contributed by atoms with Gasteiger partial charge in [0.2, 0.25) is 0 Å². The Hall–Kier alpha value is -1.69. The number of nitrogens with zero attached hydrogens (tertiary/aromatic N) is 2. The SMILES string of the molecule is CC1(NC(=O)c2ccc(NN)nn2)CCCCC1. The van der Waals surface area contributed by atoms with E-state index in [0.29, 0.717) is 11.5 Å². The van der Waals surface area contributed by atoms with E-state index in [1.807, 2.05) is 0 Å². The number of amides is 1. The molecule has 1 fully saturated rings. The Morgan fingerprint density at radius 2 is 2.00 bits per heavy atom. The van der Waals surface area contributed by atoms with Crippen LogP contribution >= 0.6 is 0 Å². The minimum atomic E-state index is -0.171. The van der Waals surface area contributed by atoms with Gasteiger partial charge >= 0.3 is 0 Å². The standard InChI is InChI=1S/C12H19N5O/c1-12(7-3-2-4-8-12)14-11(18)9-5-6-10(15-13)17-16-9/h5-6H,2-4,7-8,13H2,1H3,(H,14,18)(H,15,17). The van der Waals surface area contributed by atoms with Crippen LogP contribution in [0.15, 0.2) is 12.1 Å². The van der Waals surface area contributed by atoms with Gasteiger partial charge in [-0.05, 0) is 31.9 Å². The Labute approximate surface area is 106 Å². The molecular weight excluding hydrogens is 230 g/mol. The number of aromatic nitrogens is 2. The second kappa shape index (κ2) is 5.30. The molecule has 0 atom stereocenters. The third kappa shape index (κ3) is 2.95. The summed E-state index contributed by atoms with van der Waals surface area (Å²) in [6.07, 6.45) is 5.63. The van der Waals surface area contributed by atoms with E-state index in [0.717, 1.165) is 12.8 Å². The number of anilines is 1. The highest BCUT2D eigenvalue weighted by molar-refractivity contribution is 5.92. The van der Waals surface area contributed by atoms with Crippen molar-refractivity contribution in [3.63, 3.8) is 0 Å². The first kappa shape index (κ1) is 12.8. The lowest BCUT2D eigenvalue weighted by atomic mass is 9.83. The largest absolute Gasteiger partial charge is 0.345 e. The molecule has 1 heterocycles. The molecule has 0 unspecified atom stereocenters. The van der Waals surface area contributed by atoms with Gasteiger partial charge in [-0.3, -0.25) is 4.79 Å². The quantitative estimate of drug-likeness (QED) is 0.553. The molecule has 6 nitrogen and oxygen atoms in total. The third-order valence-electron chi connectivity index (χ3n) is 3.42. The lowest BCUT2D eigenvalue weighted by molar-refractivity contribution is 0.0876. The Morgan fingerprint density at radius 3 is 2.56 bits per heavy atom. The summed E-state index contributed by atoms with van der Waals surface area (Å²) in [6.45, 7) is 2.09. The van der Waals surface area contributed by atoms with Crippen molar-refractivity contribution in [2.75, 3.05) is 5.43 Å². The van der Waals surface area contributed by atoms with Crippen molar-refractivity contribution >= 4 is 11.7 Å². The molecule has 1 aliphatic rings. The van der Waals surface area contributed by atoms with E-state index in [9.17, 15) is 4.79 Å². The summed E-state index contributed by atoms with van der Waals surface area (Å²) in [5, 5.41) is 10.7. The molecule has 1 aromatic rings. The summed E-state index contributed by atoms with van der Waals surface area (Å²) in [6, 6.07) is 3.24. The monoisotopic (exact) mass is 249 g/mol. The van der Waals surface area contributed by atoms with Crippen molar-refractivity contribution in [2.45, 2.75) is 44.6 Å². The van der Waals surface area contributed by atoms with Crippen LogP contribution in [0.2, 0.25) is 0 Å². The fraction of sp³-hybridized carbons (Fsp3) is 0.583. The van der Waals surface area contributed by atoms with Crippen LogP contribution in [0.25, 0.3) is 0 Å². The first-order valence-corrected chi connectivity index (χ1v) is 6.26. The molecular formula is C12H19N5O. The number of hydrazine groups is 1. The van der Waals surface area contributed by atoms with Crippen LogP contribution < -0.4 is 16.6 Å². The Bertz CT molecular complexity index is 411. The van der Waals surface area contributed by atoms with Crippen LogP contribution in [0.5, 0.6) is 0 Å². The molecule has 2 rings (SSSR count). The van der Waals surface area contributed by atoms with E-state index in [1.165, 1.54) is 19.3 Å². The number of carbonyl (C=O) groups is 1. The maximum absolute atomic E-state index is 12.1. The van der Waals surface area contributed by atoms with Gasteiger partial charge in [0, 0.05) is 5.54 Å². The molecule has 0 saturated heterocycles. The average molecular weight is 249 g/mol. The number of carbonyl (C=O) groups excluding carboxylic acids is 1. The van der Waals surface area contributed by atoms with Crippen molar-refractivity contribution < 1.29 is 4.79 Å². The van der Waals surface area contributed by atoms with Crippen LogP contribution in [-0.2, 0) is 0 Å². The maximum Gasteiger partial charge on any atom is 0.272 e. The zero-order valence-corrected chi connectivity index (χ0v) is 10.6. The van der Waals surface area contributed by atoms with E-state index in [4.69, 9.17) is 5.84 Å². The Kier molecular flexibility index (Phi) is 3.76. The molecule has 0 aromatic carbocycles. The van der Waals surface area contributed by atoms with Gasteiger partial charge in [0.15, 0.2) is 11.5 Å². The van der Waals surface area contributed by atoms with Gasteiger partial charge in [-0.25, -0.2) is 5.84 Å². The molecule has 1 saturated carbocycles. The normalized spacial score (nSPS) is 18.1. The molecule has 0 bridgehead atoms. The van der Waals surface area contributed by atoms with Gasteiger partial charge < -0.3 is 10.7 Å². The molecule has 98 valence electrons. The van der Waals surface area contributed by atoms with Crippen LogP contribution in [0.3, 0.4) is 0 Å². The van der Waals surface area contributed by atoms with E-state index >= 15 is 0 Å². The van der Waals surface area contributed by atoms with E-state index in [2.05, 4.69) is 27.9 Å². The first-order valence-electron chi connectivity index (χ1n) is 6.26. The fourth-order valence-electron chi connectivity index (χ4n) is 2.33. The van der Waals surface area contributed by atoms with Crippen LogP contribution in [0, 0.1) is 0 Å². The van der Waals surface area contributed by atoms with E-state index in [-0.39, 0.29) is 11.4 Å². The number of nitrogens with two attached hydrogens (primary N) is 1. The summed E-state index contributed by atoms with van der Waals surface area (Å²) in [7, 11) is 0. The summed E-state index contributed by atoms with van der Waals surface area (Å²) in [5.41, 5.74) is 2.59. The maximum atomic E-state index is 12.1. The van der Waals surface area contributed by atoms with E-state index < -0.39 is 0 Å². The Morgan fingerprint density at radius 1 is 1.28 bits per heavy atom. The van der Waals surface area contributed by atoms with Gasteiger partial charge in [-0.2, -0.15) is 0 Å². The number of nitrogens with one attached hydrogen (secondary N) is 2. The lowest BCUT2D eigenvalue weighted by Crippen LogP contribution is -2.47. The molecule has 0 radical (unpaired) electrons. The predicted octanol–water partition coefficient (Wildman–Crippen LogP) is 1.21. The summed E-state index contributed by atoms with van der Waals surface area (Å²) < 4.78 is 0. The molecule has 0 aliphatic heterocycles. The molecule has 18 heavy (non-hydrogen) atoms. The van der Waals surface area contributed by atoms with Gasteiger partial charge in [-0.15, -0.1) is 10.2 Å². The first-order chi connectivity index (χ1) is 8.63. The van der Waals surface area contributed by atoms with Gasteiger partial charge in [0.05, 0.1) is 0 Å². The van der Waals surface area contributed by atoms with Crippen LogP contribution in [0.4, 0.5) is 5.82 Å². The zero-order valence-electron chi connectivity index (χ0n) is 10.6. The van der Waals surface area contributed by atoms with Crippen molar-refractivity contribution in [2.24, 2.45) is 5.84 Å². The Balaban J connectivity index is 2.02. The molecule has 1 aliphatic carbocycles. The predicted molar refractivity (Wildman–Crippen MR) is 68.8 cm³/mol. The highest BCUT2D eigenvalue weighted by Crippen LogP contribution is 2.27. The number of nitrogen functional groups attached to an aromatic ring is 1. The summed E-state index contributed by atoms with van der Waals surface area (Å²) >= 11 is 0. The topological polar surface area (TPSA) is 92.9 Å². The van der Waals surface area contributed by atoms with Gasteiger partial charge in [-0.1, -0.05) is 19.3 Å². The number of hydrogen-bond acceptors (Lipinski definition) is 5. The highest BCUT2D eigenvalue weighted by Gasteiger charge is 2.29. The molecule has 1 amide bonds. The second-order valence-electron chi connectivity index (χ2n) is 5.02. The summed E-state index contributed by atoms with van der Waals surface area (Å²) in [5.74, 6) is 5.46. The summed E-state index contributed by atoms with van der Waals surface area (Å²) in [4.78, 5) is 12.1. The molecule has 6 heteroatoms. The van der Waals surface area contributed by atoms with Gasteiger partial charge in [0.25, 0.3) is 5.91 Å². The fourth-order valence-corrected chi connectivity index (χ4v) is 2.33. The average Bonchev–Trinajstić information content (AvgIpc) is 2.39. The minimum absolute atomic E-state index is 0.109. The van der Waals surface area contributed by atoms with Crippen molar-refractivity contribution in [1.82, 2.24) is 15.5 Å². The van der Waals surface area contributed by atoms with Gasteiger partial charge in [0.1, 0.15) is 0 Å². The number of rotatable bonds is 3. The molecule has 0 spiro atoms. The minimum Gasteiger partial charge on any atom is -0.345 e. The van der Waals surface area contributed by atoms with Crippen molar-refractivity contribution in [1.29, 1.82) is 0 Å². The van der Waals surface area contributed by atoms with E-state index in [1.54, 1.807) is 12.1 Å². The van der Waals surface area contributed by atoms with Crippen LogP contribution in [-0.4, -0.2) is 21.6 Å².